The number of anilines is 1. The van der Waals surface area contributed by atoms with Crippen LogP contribution in [0.4, 0.5) is 5.69 Å². The van der Waals surface area contributed by atoms with Gasteiger partial charge < -0.3 is 19.2 Å². The van der Waals surface area contributed by atoms with E-state index >= 15 is 0 Å². The van der Waals surface area contributed by atoms with Gasteiger partial charge >= 0.3 is 11.8 Å². The van der Waals surface area contributed by atoms with Gasteiger partial charge in [-0.3, -0.25) is 0 Å². The molecule has 0 unspecified atom stereocenters. The molecule has 0 saturated heterocycles. The number of ether oxygens (including phenoxy) is 2. The van der Waals surface area contributed by atoms with Gasteiger partial charge in [0.25, 0.3) is 0 Å². The number of nitrogens with zero attached hydrogens (tertiary/aromatic N) is 2. The number of benzene rings is 3. The van der Waals surface area contributed by atoms with E-state index in [-0.39, 0.29) is 6.08 Å². The molecule has 36 heavy (non-hydrogen) atoms. The average Bonchev–Trinajstić information content (AvgIpc) is 3.58. The number of hydrogen-bond acceptors (Lipinski definition) is 6. The van der Waals surface area contributed by atoms with Crippen LogP contribution in [0.15, 0.2) is 82.0 Å². The van der Waals surface area contributed by atoms with E-state index < -0.39 is 5.76 Å². The first-order chi connectivity index (χ1) is 17.7. The Morgan fingerprint density at radius 1 is 1.03 bits per heavy atom. The standard InChI is InChI=1S/C29H31N3O4/c1-34-28-31-32(29(33)36-28)25-15-8-14-24(19-25)30-20-23-13-7-16-26(22-11-5-6-12-22)27(23)35-18-17-21-9-3-2-4-10-21/h2-4,7-10,13-16,19,22,30H,5-6,11-12,17-18,20H2,1H3. The average molecular weight is 486 g/mol. The fourth-order valence-electron chi connectivity index (χ4n) is 4.85. The molecule has 0 radical (unpaired) electrons. The molecular formula is C29H31N3O4. The molecule has 7 heteroatoms. The van der Waals surface area contributed by atoms with Crippen LogP contribution in [-0.4, -0.2) is 23.5 Å². The van der Waals surface area contributed by atoms with Gasteiger partial charge in [-0.25, -0.2) is 4.79 Å². The van der Waals surface area contributed by atoms with Gasteiger partial charge in [-0.1, -0.05) is 72.5 Å². The van der Waals surface area contributed by atoms with E-state index in [1.165, 1.54) is 48.6 Å². The lowest BCUT2D eigenvalue weighted by molar-refractivity contribution is 0.282. The Balaban J connectivity index is 1.34. The molecule has 1 N–H and O–H groups in total. The highest BCUT2D eigenvalue weighted by molar-refractivity contribution is 5.52. The molecular weight excluding hydrogens is 454 g/mol. The fourth-order valence-corrected chi connectivity index (χ4v) is 4.85. The molecule has 1 heterocycles. The third-order valence-electron chi connectivity index (χ3n) is 6.68. The van der Waals surface area contributed by atoms with Crippen LogP contribution in [0.25, 0.3) is 5.69 Å². The number of para-hydroxylation sites is 1. The second-order valence-corrected chi connectivity index (χ2v) is 9.05. The SMILES string of the molecule is COc1nn(-c2cccc(NCc3cccc(C4CCCC4)c3OCCc3ccccc3)c2)c(=O)o1. The summed E-state index contributed by atoms with van der Waals surface area (Å²) in [6, 6.07) is 24.4. The van der Waals surface area contributed by atoms with Crippen molar-refractivity contribution in [1.29, 1.82) is 0 Å². The van der Waals surface area contributed by atoms with Crippen LogP contribution in [0, 0.1) is 0 Å². The van der Waals surface area contributed by atoms with Crippen molar-refractivity contribution in [1.82, 2.24) is 9.78 Å². The Labute approximate surface area is 210 Å². The zero-order valence-corrected chi connectivity index (χ0v) is 20.5. The van der Waals surface area contributed by atoms with E-state index in [1.54, 1.807) is 6.07 Å². The molecule has 1 fully saturated rings. The smallest absolute Gasteiger partial charge is 0.444 e. The van der Waals surface area contributed by atoms with Crippen molar-refractivity contribution < 1.29 is 13.9 Å². The van der Waals surface area contributed by atoms with Crippen molar-refractivity contribution in [2.45, 2.75) is 44.6 Å². The van der Waals surface area contributed by atoms with E-state index in [9.17, 15) is 4.79 Å². The monoisotopic (exact) mass is 485 g/mol. The fraction of sp³-hybridized carbons (Fsp3) is 0.310. The van der Waals surface area contributed by atoms with Gasteiger partial charge in [-0.15, -0.1) is 0 Å². The lowest BCUT2D eigenvalue weighted by atomic mass is 9.94. The molecule has 1 aliphatic carbocycles. The summed E-state index contributed by atoms with van der Waals surface area (Å²) in [5.41, 5.74) is 5.17. The highest BCUT2D eigenvalue weighted by atomic mass is 16.6. The van der Waals surface area contributed by atoms with Gasteiger partial charge in [0.1, 0.15) is 5.75 Å². The minimum Gasteiger partial charge on any atom is -0.493 e. The summed E-state index contributed by atoms with van der Waals surface area (Å²) < 4.78 is 17.6. The highest BCUT2D eigenvalue weighted by Crippen LogP contribution is 2.40. The number of methoxy groups -OCH3 is 1. The molecule has 3 aromatic carbocycles. The van der Waals surface area contributed by atoms with Gasteiger partial charge in [0.15, 0.2) is 0 Å². The van der Waals surface area contributed by atoms with Crippen molar-refractivity contribution in [3.8, 4) is 17.5 Å². The van der Waals surface area contributed by atoms with Crippen LogP contribution < -0.4 is 20.5 Å². The normalized spacial score (nSPS) is 13.6. The second kappa shape index (κ2) is 11.2. The lowest BCUT2D eigenvalue weighted by Crippen LogP contribution is -2.13. The van der Waals surface area contributed by atoms with E-state index in [1.807, 2.05) is 24.3 Å². The maximum atomic E-state index is 12.1. The Morgan fingerprint density at radius 3 is 2.61 bits per heavy atom. The van der Waals surface area contributed by atoms with Gasteiger partial charge in [-0.05, 0) is 48.1 Å². The largest absolute Gasteiger partial charge is 0.493 e. The first kappa shape index (κ1) is 23.7. The van der Waals surface area contributed by atoms with Crippen LogP contribution in [0.2, 0.25) is 0 Å². The molecule has 186 valence electrons. The van der Waals surface area contributed by atoms with Crippen molar-refractivity contribution in [2.24, 2.45) is 0 Å². The quantitative estimate of drug-likeness (QED) is 0.309. The molecule has 0 spiro atoms. The van der Waals surface area contributed by atoms with Crippen molar-refractivity contribution >= 4 is 5.69 Å². The van der Waals surface area contributed by atoms with E-state index in [2.05, 4.69) is 52.9 Å². The molecule has 1 aliphatic rings. The number of rotatable bonds is 10. The maximum Gasteiger partial charge on any atom is 0.444 e. The summed E-state index contributed by atoms with van der Waals surface area (Å²) in [6.45, 7) is 1.23. The molecule has 7 nitrogen and oxygen atoms in total. The summed E-state index contributed by atoms with van der Waals surface area (Å²) in [5, 5.41) is 7.55. The molecule has 4 aromatic rings. The molecule has 0 atom stereocenters. The van der Waals surface area contributed by atoms with Crippen LogP contribution >= 0.6 is 0 Å². The van der Waals surface area contributed by atoms with Crippen LogP contribution in [-0.2, 0) is 13.0 Å². The lowest BCUT2D eigenvalue weighted by Gasteiger charge is -2.20. The van der Waals surface area contributed by atoms with Gasteiger partial charge in [0.2, 0.25) is 0 Å². The first-order valence-corrected chi connectivity index (χ1v) is 12.5. The van der Waals surface area contributed by atoms with E-state index in [4.69, 9.17) is 13.9 Å². The van der Waals surface area contributed by atoms with Crippen LogP contribution in [0.5, 0.6) is 11.8 Å². The zero-order valence-electron chi connectivity index (χ0n) is 20.5. The van der Waals surface area contributed by atoms with Crippen molar-refractivity contribution in [3.05, 3.63) is 100 Å². The summed E-state index contributed by atoms with van der Waals surface area (Å²) in [4.78, 5) is 12.1. The third kappa shape index (κ3) is 5.46. The minimum atomic E-state index is -0.595. The summed E-state index contributed by atoms with van der Waals surface area (Å²) >= 11 is 0. The Kier molecular flexibility index (Phi) is 7.36. The molecule has 0 aliphatic heterocycles. The van der Waals surface area contributed by atoms with Crippen molar-refractivity contribution in [3.63, 3.8) is 0 Å². The summed E-state index contributed by atoms with van der Waals surface area (Å²) in [7, 11) is 1.41. The molecule has 5 rings (SSSR count). The molecule has 0 bridgehead atoms. The van der Waals surface area contributed by atoms with Crippen LogP contribution in [0.3, 0.4) is 0 Å². The topological polar surface area (TPSA) is 78.5 Å². The Hall–Kier alpha value is -4.00. The highest BCUT2D eigenvalue weighted by Gasteiger charge is 2.22. The van der Waals surface area contributed by atoms with Gasteiger partial charge in [0.05, 0.1) is 19.4 Å². The van der Waals surface area contributed by atoms with Crippen molar-refractivity contribution in [2.75, 3.05) is 19.0 Å². The second-order valence-electron chi connectivity index (χ2n) is 9.05. The van der Waals surface area contributed by atoms with E-state index in [0.717, 1.165) is 23.4 Å². The predicted octanol–water partition coefficient (Wildman–Crippen LogP) is 5.73. The molecule has 0 amide bonds. The molecule has 1 saturated carbocycles. The summed E-state index contributed by atoms with van der Waals surface area (Å²) in [5.74, 6) is 0.956. The van der Waals surface area contributed by atoms with Crippen LogP contribution in [0.1, 0.15) is 48.3 Å². The first-order valence-electron chi connectivity index (χ1n) is 12.5. The van der Waals surface area contributed by atoms with E-state index in [0.29, 0.717) is 24.8 Å². The van der Waals surface area contributed by atoms with Gasteiger partial charge in [0, 0.05) is 24.2 Å². The number of nitrogens with one attached hydrogen (secondary N) is 1. The predicted molar refractivity (Wildman–Crippen MR) is 139 cm³/mol. The number of aromatic nitrogens is 2. The third-order valence-corrected chi connectivity index (χ3v) is 6.68. The summed E-state index contributed by atoms with van der Waals surface area (Å²) in [6.07, 6.45) is 5.77. The Morgan fingerprint density at radius 2 is 1.83 bits per heavy atom. The molecule has 1 aromatic heterocycles. The zero-order chi connectivity index (χ0) is 24.7. The Bertz CT molecular complexity index is 1340. The van der Waals surface area contributed by atoms with Gasteiger partial charge in [-0.2, -0.15) is 4.68 Å². The number of hydrogen-bond donors (Lipinski definition) is 1. The maximum absolute atomic E-state index is 12.1. The minimum absolute atomic E-state index is 0.0700.